The molecule has 242 valence electrons. The number of rotatable bonds is 11. The molecule has 1 aliphatic rings. The third-order valence-corrected chi connectivity index (χ3v) is 7.71. The van der Waals surface area contributed by atoms with E-state index in [1.54, 1.807) is 45.0 Å². The van der Waals surface area contributed by atoms with E-state index in [0.717, 1.165) is 11.9 Å². The number of amidine groups is 1. The topological polar surface area (TPSA) is 215 Å². The first-order valence-corrected chi connectivity index (χ1v) is 14.8. The van der Waals surface area contributed by atoms with Crippen molar-refractivity contribution < 1.29 is 33.7 Å². The van der Waals surface area contributed by atoms with Crippen LogP contribution in [0.1, 0.15) is 64.4 Å². The Bertz CT molecular complexity index is 1440. The Morgan fingerprint density at radius 3 is 2.42 bits per heavy atom. The number of H-pyrrole nitrogens is 1. The number of carbonyl (C=O) groups excluding carboxylic acids is 3. The number of carbonyl (C=O) groups is 3. The molecule has 13 nitrogen and oxygen atoms in total. The van der Waals surface area contributed by atoms with E-state index in [-0.39, 0.29) is 35.5 Å². The molecule has 6 N–H and O–H groups in total. The first-order chi connectivity index (χ1) is 21.3. The van der Waals surface area contributed by atoms with Gasteiger partial charge in [0.05, 0.1) is 24.1 Å². The molecular weight excluding hydrogens is 580 g/mol. The third kappa shape index (κ3) is 8.21. The fourth-order valence-corrected chi connectivity index (χ4v) is 4.81. The van der Waals surface area contributed by atoms with E-state index >= 15 is 0 Å². The predicted octanol–water partition coefficient (Wildman–Crippen LogP) is 2.26. The molecule has 0 unspecified atom stereocenters. The number of aromatic amines is 1. The van der Waals surface area contributed by atoms with Crippen LogP contribution in [0.25, 0.3) is 0 Å². The summed E-state index contributed by atoms with van der Waals surface area (Å²) in [4.78, 5) is 49.5. The normalized spacial score (nSPS) is 22.7. The van der Waals surface area contributed by atoms with Crippen LogP contribution in [-0.2, 0) is 40.6 Å². The number of benzene rings is 1. The lowest BCUT2D eigenvalue weighted by atomic mass is 9.87. The average molecular weight is 623 g/mol. The Balaban J connectivity index is 1.95. The van der Waals surface area contributed by atoms with E-state index in [0.29, 0.717) is 12.8 Å². The summed E-state index contributed by atoms with van der Waals surface area (Å²) in [5.41, 5.74) is 9.84. The van der Waals surface area contributed by atoms with Crippen LogP contribution in [-0.4, -0.2) is 71.1 Å². The van der Waals surface area contributed by atoms with Crippen molar-refractivity contribution in [3.8, 4) is 6.07 Å². The van der Waals surface area contributed by atoms with Gasteiger partial charge in [-0.3, -0.25) is 14.4 Å². The van der Waals surface area contributed by atoms with Crippen molar-refractivity contribution >= 4 is 30.0 Å². The highest BCUT2D eigenvalue weighted by molar-refractivity contribution is 6.07. The fraction of sp³-hybridized carbons (Fsp3) is 0.500. The van der Waals surface area contributed by atoms with E-state index in [1.807, 2.05) is 26.0 Å². The van der Waals surface area contributed by atoms with Crippen molar-refractivity contribution in [1.82, 2.24) is 4.98 Å². The summed E-state index contributed by atoms with van der Waals surface area (Å²) in [5.74, 6) is -2.15. The maximum Gasteiger partial charge on any atom is 0.323 e. The van der Waals surface area contributed by atoms with Gasteiger partial charge in [0.25, 0.3) is 5.91 Å². The predicted molar refractivity (Wildman–Crippen MR) is 166 cm³/mol. The van der Waals surface area contributed by atoms with Gasteiger partial charge in [-0.05, 0) is 36.0 Å². The van der Waals surface area contributed by atoms with Crippen LogP contribution in [0.5, 0.6) is 0 Å². The van der Waals surface area contributed by atoms with Crippen molar-refractivity contribution in [2.24, 2.45) is 32.8 Å². The van der Waals surface area contributed by atoms with Crippen LogP contribution in [0.2, 0.25) is 0 Å². The average Bonchev–Trinajstić information content (AvgIpc) is 3.60. The molecule has 1 aromatic heterocycles. The summed E-state index contributed by atoms with van der Waals surface area (Å²) >= 11 is 0. The number of aliphatic imine (C=N–C) groups is 2. The van der Waals surface area contributed by atoms with E-state index in [4.69, 9.17) is 25.7 Å². The maximum atomic E-state index is 13.0. The van der Waals surface area contributed by atoms with Gasteiger partial charge in [0.2, 0.25) is 5.60 Å². The zero-order chi connectivity index (χ0) is 33.4. The first-order valence-electron chi connectivity index (χ1n) is 14.8. The van der Waals surface area contributed by atoms with Crippen LogP contribution in [0.3, 0.4) is 0 Å². The molecule has 1 amide bonds. The minimum atomic E-state index is -2.11. The molecule has 2 aromatic rings. The number of hydrogen-bond donors (Lipinski definition) is 4. The maximum absolute atomic E-state index is 13.0. The molecule has 0 saturated carbocycles. The van der Waals surface area contributed by atoms with Gasteiger partial charge < -0.3 is 35.8 Å². The number of aromatic nitrogens is 1. The van der Waals surface area contributed by atoms with E-state index < -0.39 is 53.9 Å². The van der Waals surface area contributed by atoms with Crippen LogP contribution >= 0.6 is 0 Å². The van der Waals surface area contributed by atoms with Crippen LogP contribution < -0.4 is 11.5 Å². The molecule has 3 rings (SSSR count). The minimum Gasteiger partial charge on any atom is -0.463 e. The molecule has 45 heavy (non-hydrogen) atoms. The summed E-state index contributed by atoms with van der Waals surface area (Å²) in [6.45, 7) is 8.57. The second kappa shape index (κ2) is 15.1. The van der Waals surface area contributed by atoms with Gasteiger partial charge in [-0.1, -0.05) is 65.0 Å². The highest BCUT2D eigenvalue weighted by atomic mass is 16.6. The standard InChI is InChI=1S/C32H42N6O7/c1-6-20(7-2)29(41)38-28(36-18-34)21-13-14-23(37-21)32(17-33)27(40)25(44-30(42)26(35)31(3,4)5)22(45-32)16-43-24(39)15-19-11-9-8-10-12-19/h8-14,18,20,22,25-27,37,40H,6-7,15-16,35H2,1-5H3,(H2,34,36,38,41)/t22-,25-,26+,27-,32+/m1/s1. The summed E-state index contributed by atoms with van der Waals surface area (Å²) < 4.78 is 17.2. The zero-order valence-electron chi connectivity index (χ0n) is 26.2. The van der Waals surface area contributed by atoms with Crippen molar-refractivity contribution in [3.05, 3.63) is 59.4 Å². The first kappa shape index (κ1) is 35.1. The SMILES string of the molecule is CCC(CC)C(=O)N=C(N=CN)c1ccc([C@]2(C#N)O[C@H](COC(=O)Cc3ccccc3)[C@@H](OC(=O)[C@H](N)C(C)(C)C)[C@H]2O)[nH]1. The lowest BCUT2D eigenvalue weighted by Crippen LogP contribution is -2.49. The molecule has 13 heteroatoms. The van der Waals surface area contributed by atoms with Gasteiger partial charge in [-0.2, -0.15) is 10.3 Å². The van der Waals surface area contributed by atoms with Gasteiger partial charge in [0, 0.05) is 5.92 Å². The highest BCUT2D eigenvalue weighted by Gasteiger charge is 2.59. The number of hydrogen-bond acceptors (Lipinski definition) is 9. The van der Waals surface area contributed by atoms with Gasteiger partial charge in [0.1, 0.15) is 30.9 Å². The Morgan fingerprint density at radius 1 is 1.18 bits per heavy atom. The number of esters is 2. The Morgan fingerprint density at radius 2 is 1.84 bits per heavy atom. The zero-order valence-corrected chi connectivity index (χ0v) is 26.2. The summed E-state index contributed by atoms with van der Waals surface area (Å²) in [6, 6.07) is 12.8. The second-order valence-electron chi connectivity index (χ2n) is 11.9. The van der Waals surface area contributed by atoms with Gasteiger partial charge in [0.15, 0.2) is 11.9 Å². The Kier molecular flexibility index (Phi) is 11.8. The van der Waals surface area contributed by atoms with Gasteiger partial charge in [-0.15, -0.1) is 0 Å². The highest BCUT2D eigenvalue weighted by Crippen LogP contribution is 2.41. The van der Waals surface area contributed by atoms with Crippen molar-refractivity contribution in [2.45, 2.75) is 83.8 Å². The fourth-order valence-electron chi connectivity index (χ4n) is 4.81. The summed E-state index contributed by atoms with van der Waals surface area (Å²) in [7, 11) is 0. The molecule has 0 spiro atoms. The summed E-state index contributed by atoms with van der Waals surface area (Å²) in [6.07, 6.45) is -2.30. The van der Waals surface area contributed by atoms with Gasteiger partial charge >= 0.3 is 11.9 Å². The molecule has 2 heterocycles. The molecule has 1 saturated heterocycles. The smallest absolute Gasteiger partial charge is 0.323 e. The number of aliphatic hydroxyl groups excluding tert-OH is 1. The molecular formula is C32H42N6O7. The van der Waals surface area contributed by atoms with E-state index in [9.17, 15) is 24.8 Å². The van der Waals surface area contributed by atoms with Crippen molar-refractivity contribution in [3.63, 3.8) is 0 Å². The molecule has 1 fully saturated rings. The van der Waals surface area contributed by atoms with Crippen LogP contribution in [0.4, 0.5) is 0 Å². The van der Waals surface area contributed by atoms with Crippen LogP contribution in [0, 0.1) is 22.7 Å². The number of ether oxygens (including phenoxy) is 3. The third-order valence-electron chi connectivity index (χ3n) is 7.71. The Labute approximate surface area is 262 Å². The molecule has 0 radical (unpaired) electrons. The lowest BCUT2D eigenvalue weighted by Gasteiger charge is -2.28. The number of nitriles is 1. The minimum absolute atomic E-state index is 0.0295. The Hall–Kier alpha value is -4.38. The number of aliphatic hydroxyl groups is 1. The van der Waals surface area contributed by atoms with Crippen molar-refractivity contribution in [2.75, 3.05) is 6.61 Å². The molecule has 1 aromatic carbocycles. The van der Waals surface area contributed by atoms with Crippen LogP contribution in [0.15, 0.2) is 52.4 Å². The largest absolute Gasteiger partial charge is 0.463 e. The van der Waals surface area contributed by atoms with Gasteiger partial charge in [-0.25, -0.2) is 4.99 Å². The molecule has 0 bridgehead atoms. The summed E-state index contributed by atoms with van der Waals surface area (Å²) in [5, 5.41) is 21.9. The quantitative estimate of drug-likeness (QED) is 0.163. The molecule has 5 atom stereocenters. The number of nitrogens with one attached hydrogen (secondary N) is 1. The lowest BCUT2D eigenvalue weighted by molar-refractivity contribution is -0.163. The van der Waals surface area contributed by atoms with Crippen molar-refractivity contribution in [1.29, 1.82) is 5.26 Å². The second-order valence-corrected chi connectivity index (χ2v) is 11.9. The molecule has 1 aliphatic heterocycles. The monoisotopic (exact) mass is 622 g/mol. The number of nitrogens with two attached hydrogens (primary N) is 2. The van der Waals surface area contributed by atoms with E-state index in [2.05, 4.69) is 15.0 Å². The molecule has 0 aliphatic carbocycles. The van der Waals surface area contributed by atoms with E-state index in [1.165, 1.54) is 12.1 Å². The number of nitrogens with zero attached hydrogens (tertiary/aromatic N) is 3. The number of amides is 1.